The highest BCUT2D eigenvalue weighted by atomic mass is 16.5. The van der Waals surface area contributed by atoms with Gasteiger partial charge in [0.2, 0.25) is 0 Å². The summed E-state index contributed by atoms with van der Waals surface area (Å²) in [5.74, 6) is 0.368. The molecule has 2 heterocycles. The van der Waals surface area contributed by atoms with Gasteiger partial charge < -0.3 is 19.9 Å². The Labute approximate surface area is 120 Å². The zero-order valence-corrected chi connectivity index (χ0v) is 11.8. The molecule has 110 valence electrons. The molecule has 1 aromatic rings. The van der Waals surface area contributed by atoms with Crippen molar-refractivity contribution in [2.45, 2.75) is 43.9 Å². The van der Waals surface area contributed by atoms with Crippen LogP contribution in [-0.2, 0) is 16.0 Å². The van der Waals surface area contributed by atoms with E-state index < -0.39 is 0 Å². The Balaban J connectivity index is 1.56. The first-order valence-corrected chi connectivity index (χ1v) is 7.49. The molecule has 0 amide bonds. The largest absolute Gasteiger partial charge is 0.508 e. The maximum absolute atomic E-state index is 9.80. The molecule has 0 radical (unpaired) electrons. The zero-order chi connectivity index (χ0) is 13.8. The first-order chi connectivity index (χ1) is 9.77. The molecule has 1 spiro atoms. The number of nitrogens with one attached hydrogen (secondary N) is 1. The van der Waals surface area contributed by atoms with Gasteiger partial charge in [-0.05, 0) is 31.7 Å². The van der Waals surface area contributed by atoms with E-state index in [0.717, 1.165) is 51.1 Å². The van der Waals surface area contributed by atoms with Gasteiger partial charge >= 0.3 is 0 Å². The van der Waals surface area contributed by atoms with E-state index in [-0.39, 0.29) is 5.60 Å². The number of ether oxygens (including phenoxy) is 2. The molecule has 4 nitrogen and oxygen atoms in total. The summed E-state index contributed by atoms with van der Waals surface area (Å²) in [5, 5.41) is 13.4. The smallest absolute Gasteiger partial charge is 0.120 e. The fourth-order valence-electron chi connectivity index (χ4n) is 3.21. The Morgan fingerprint density at radius 3 is 2.80 bits per heavy atom. The Hall–Kier alpha value is -1.10. The van der Waals surface area contributed by atoms with Gasteiger partial charge in [-0.1, -0.05) is 18.2 Å². The van der Waals surface area contributed by atoms with Crippen LogP contribution < -0.4 is 5.32 Å². The highest BCUT2D eigenvalue weighted by Gasteiger charge is 2.38. The van der Waals surface area contributed by atoms with Crippen molar-refractivity contribution in [2.24, 2.45) is 0 Å². The van der Waals surface area contributed by atoms with E-state index in [1.807, 2.05) is 18.2 Å². The molecule has 0 saturated carbocycles. The van der Waals surface area contributed by atoms with Crippen molar-refractivity contribution in [3.8, 4) is 5.75 Å². The van der Waals surface area contributed by atoms with Gasteiger partial charge in [-0.25, -0.2) is 0 Å². The minimum Gasteiger partial charge on any atom is -0.508 e. The molecule has 1 unspecified atom stereocenters. The Bertz CT molecular complexity index is 438. The van der Waals surface area contributed by atoms with Crippen LogP contribution in [0.4, 0.5) is 0 Å². The fourth-order valence-corrected chi connectivity index (χ4v) is 3.21. The van der Waals surface area contributed by atoms with Gasteiger partial charge in [-0.3, -0.25) is 0 Å². The first kappa shape index (κ1) is 13.9. The molecule has 1 atom stereocenters. The summed E-state index contributed by atoms with van der Waals surface area (Å²) in [7, 11) is 0. The summed E-state index contributed by atoms with van der Waals surface area (Å²) in [5.41, 5.74) is 0.979. The minimum absolute atomic E-state index is 0.0207. The molecule has 2 aliphatic heterocycles. The number of phenols is 1. The van der Waals surface area contributed by atoms with E-state index >= 15 is 0 Å². The second-order valence-electron chi connectivity index (χ2n) is 5.84. The Morgan fingerprint density at radius 1 is 1.20 bits per heavy atom. The van der Waals surface area contributed by atoms with Crippen LogP contribution in [0.5, 0.6) is 5.75 Å². The highest BCUT2D eigenvalue weighted by Crippen LogP contribution is 2.34. The SMILES string of the molecule is Oc1ccccc1CNC1CCOC2(CCOCC2)C1. The summed E-state index contributed by atoms with van der Waals surface area (Å²) in [4.78, 5) is 0. The lowest BCUT2D eigenvalue weighted by Crippen LogP contribution is -2.49. The normalized spacial score (nSPS) is 25.7. The van der Waals surface area contributed by atoms with Gasteiger partial charge in [-0.15, -0.1) is 0 Å². The second kappa shape index (κ2) is 6.12. The third-order valence-electron chi connectivity index (χ3n) is 4.47. The van der Waals surface area contributed by atoms with Crippen LogP contribution in [0.15, 0.2) is 24.3 Å². The number of para-hydroxylation sites is 1. The lowest BCUT2D eigenvalue weighted by molar-refractivity contribution is -0.140. The van der Waals surface area contributed by atoms with E-state index in [1.54, 1.807) is 6.07 Å². The molecule has 20 heavy (non-hydrogen) atoms. The van der Waals surface area contributed by atoms with Crippen molar-refractivity contribution in [1.82, 2.24) is 5.32 Å². The summed E-state index contributed by atoms with van der Waals surface area (Å²) >= 11 is 0. The van der Waals surface area contributed by atoms with Gasteiger partial charge in [0.1, 0.15) is 5.75 Å². The monoisotopic (exact) mass is 277 g/mol. The van der Waals surface area contributed by atoms with Crippen LogP contribution in [0.1, 0.15) is 31.2 Å². The van der Waals surface area contributed by atoms with Crippen molar-refractivity contribution >= 4 is 0 Å². The van der Waals surface area contributed by atoms with E-state index in [4.69, 9.17) is 9.47 Å². The number of benzene rings is 1. The average Bonchev–Trinajstić information content (AvgIpc) is 2.47. The molecule has 2 aliphatic rings. The van der Waals surface area contributed by atoms with Crippen LogP contribution in [0.3, 0.4) is 0 Å². The van der Waals surface area contributed by atoms with Crippen LogP contribution in [0.2, 0.25) is 0 Å². The van der Waals surface area contributed by atoms with Crippen molar-refractivity contribution in [2.75, 3.05) is 19.8 Å². The van der Waals surface area contributed by atoms with Gasteiger partial charge in [0.05, 0.1) is 5.60 Å². The maximum atomic E-state index is 9.80. The molecule has 0 aliphatic carbocycles. The molecular weight excluding hydrogens is 254 g/mol. The molecular formula is C16H23NO3. The van der Waals surface area contributed by atoms with E-state index in [0.29, 0.717) is 18.3 Å². The number of rotatable bonds is 3. The van der Waals surface area contributed by atoms with Crippen LogP contribution >= 0.6 is 0 Å². The van der Waals surface area contributed by atoms with E-state index in [1.165, 1.54) is 0 Å². The molecule has 4 heteroatoms. The molecule has 3 rings (SSSR count). The van der Waals surface area contributed by atoms with Crippen molar-refractivity contribution in [3.05, 3.63) is 29.8 Å². The van der Waals surface area contributed by atoms with Gasteiger partial charge in [0.25, 0.3) is 0 Å². The third kappa shape index (κ3) is 3.14. The van der Waals surface area contributed by atoms with Crippen molar-refractivity contribution in [1.29, 1.82) is 0 Å². The molecule has 1 aromatic carbocycles. The number of phenolic OH excluding ortho intramolecular Hbond substituents is 1. The zero-order valence-electron chi connectivity index (χ0n) is 11.8. The van der Waals surface area contributed by atoms with E-state index in [9.17, 15) is 5.11 Å². The lowest BCUT2D eigenvalue weighted by Gasteiger charge is -2.43. The Kier molecular flexibility index (Phi) is 4.24. The standard InChI is InChI=1S/C16H23NO3/c18-15-4-2-1-3-13(15)12-17-14-5-8-20-16(11-14)6-9-19-10-7-16/h1-4,14,17-18H,5-12H2. The fraction of sp³-hybridized carbons (Fsp3) is 0.625. The average molecular weight is 277 g/mol. The van der Waals surface area contributed by atoms with Crippen molar-refractivity contribution in [3.63, 3.8) is 0 Å². The van der Waals surface area contributed by atoms with Crippen molar-refractivity contribution < 1.29 is 14.6 Å². The molecule has 0 bridgehead atoms. The third-order valence-corrected chi connectivity index (χ3v) is 4.47. The summed E-state index contributed by atoms with van der Waals surface area (Å²) in [6, 6.07) is 7.97. The van der Waals surface area contributed by atoms with Gasteiger partial charge in [0.15, 0.2) is 0 Å². The lowest BCUT2D eigenvalue weighted by atomic mass is 9.84. The van der Waals surface area contributed by atoms with Crippen LogP contribution in [0, 0.1) is 0 Å². The molecule has 0 aromatic heterocycles. The first-order valence-electron chi connectivity index (χ1n) is 7.49. The molecule has 2 N–H and O–H groups in total. The number of hydrogen-bond acceptors (Lipinski definition) is 4. The van der Waals surface area contributed by atoms with Crippen LogP contribution in [-0.4, -0.2) is 36.6 Å². The number of hydrogen-bond donors (Lipinski definition) is 2. The predicted molar refractivity (Wildman–Crippen MR) is 76.7 cm³/mol. The molecule has 2 saturated heterocycles. The van der Waals surface area contributed by atoms with Gasteiger partial charge in [0, 0.05) is 38.0 Å². The topological polar surface area (TPSA) is 50.7 Å². The van der Waals surface area contributed by atoms with Crippen LogP contribution in [0.25, 0.3) is 0 Å². The Morgan fingerprint density at radius 2 is 2.00 bits per heavy atom. The predicted octanol–water partition coefficient (Wildman–Crippen LogP) is 2.21. The van der Waals surface area contributed by atoms with E-state index in [2.05, 4.69) is 5.32 Å². The van der Waals surface area contributed by atoms with Gasteiger partial charge in [-0.2, -0.15) is 0 Å². The number of aromatic hydroxyl groups is 1. The highest BCUT2D eigenvalue weighted by molar-refractivity contribution is 5.31. The summed E-state index contributed by atoms with van der Waals surface area (Å²) < 4.78 is 11.5. The maximum Gasteiger partial charge on any atom is 0.120 e. The summed E-state index contributed by atoms with van der Waals surface area (Å²) in [6.07, 6.45) is 4.09. The second-order valence-corrected chi connectivity index (χ2v) is 5.84. The molecule has 2 fully saturated rings. The minimum atomic E-state index is 0.0207. The summed E-state index contributed by atoms with van der Waals surface area (Å²) in [6.45, 7) is 3.15. The quantitative estimate of drug-likeness (QED) is 0.889.